The number of hydrogen-bond acceptors (Lipinski definition) is 5. The fourth-order valence-corrected chi connectivity index (χ4v) is 1.99. The van der Waals surface area contributed by atoms with Gasteiger partial charge < -0.3 is 11.5 Å². The largest absolute Gasteiger partial charge is 0.383 e. The Labute approximate surface area is 110 Å². The number of nitrogens with zero attached hydrogens (tertiary/aromatic N) is 3. The van der Waals surface area contributed by atoms with Crippen molar-refractivity contribution >= 4 is 16.6 Å². The molecule has 94 valence electrons. The summed E-state index contributed by atoms with van der Waals surface area (Å²) in [4.78, 5) is 12.9. The number of hydrogen-bond donors (Lipinski definition) is 2. The summed E-state index contributed by atoms with van der Waals surface area (Å²) in [5.74, 6) is 0.925. The van der Waals surface area contributed by atoms with E-state index in [-0.39, 0.29) is 0 Å². The quantitative estimate of drug-likeness (QED) is 0.723. The Hall–Kier alpha value is -2.53. The van der Waals surface area contributed by atoms with E-state index in [1.807, 2.05) is 30.3 Å². The molecule has 0 saturated heterocycles. The van der Waals surface area contributed by atoms with Crippen LogP contribution in [0.4, 0.5) is 5.82 Å². The van der Waals surface area contributed by atoms with E-state index >= 15 is 0 Å². The van der Waals surface area contributed by atoms with Crippen molar-refractivity contribution in [2.75, 3.05) is 5.73 Å². The summed E-state index contributed by atoms with van der Waals surface area (Å²) in [7, 11) is 0. The van der Waals surface area contributed by atoms with Gasteiger partial charge in [0.05, 0.1) is 0 Å². The first-order chi connectivity index (χ1) is 9.29. The minimum atomic E-state index is 0.328. The molecule has 0 aliphatic heterocycles. The highest BCUT2D eigenvalue weighted by Gasteiger charge is 2.09. The molecule has 0 atom stereocenters. The van der Waals surface area contributed by atoms with E-state index in [4.69, 9.17) is 11.5 Å². The highest BCUT2D eigenvalue weighted by Crippen LogP contribution is 2.24. The monoisotopic (exact) mass is 251 g/mol. The van der Waals surface area contributed by atoms with E-state index in [0.717, 1.165) is 22.0 Å². The summed E-state index contributed by atoms with van der Waals surface area (Å²) in [6.45, 7) is 0.328. The highest BCUT2D eigenvalue weighted by atomic mass is 15.0. The van der Waals surface area contributed by atoms with E-state index < -0.39 is 0 Å². The first-order valence-corrected chi connectivity index (χ1v) is 5.95. The summed E-state index contributed by atoms with van der Waals surface area (Å²) in [5.41, 5.74) is 12.9. The van der Waals surface area contributed by atoms with Crippen LogP contribution >= 0.6 is 0 Å². The van der Waals surface area contributed by atoms with Gasteiger partial charge in [-0.05, 0) is 11.5 Å². The van der Waals surface area contributed by atoms with Crippen LogP contribution in [0.3, 0.4) is 0 Å². The molecule has 2 aromatic heterocycles. The summed E-state index contributed by atoms with van der Waals surface area (Å²) in [6, 6.07) is 9.92. The van der Waals surface area contributed by atoms with Crippen molar-refractivity contribution in [2.45, 2.75) is 6.54 Å². The molecule has 3 aromatic rings. The summed E-state index contributed by atoms with van der Waals surface area (Å²) >= 11 is 0. The lowest BCUT2D eigenvalue weighted by molar-refractivity contribution is 1.02. The zero-order valence-corrected chi connectivity index (χ0v) is 10.2. The molecule has 0 aliphatic rings. The van der Waals surface area contributed by atoms with E-state index in [2.05, 4.69) is 15.0 Å². The van der Waals surface area contributed by atoms with Crippen molar-refractivity contribution in [1.29, 1.82) is 0 Å². The zero-order valence-electron chi connectivity index (χ0n) is 10.2. The van der Waals surface area contributed by atoms with Gasteiger partial charge in [-0.1, -0.05) is 24.3 Å². The van der Waals surface area contributed by atoms with Crippen LogP contribution in [-0.4, -0.2) is 15.0 Å². The first kappa shape index (κ1) is 11.6. The van der Waals surface area contributed by atoms with Crippen LogP contribution in [0, 0.1) is 0 Å². The maximum atomic E-state index is 5.85. The second-order valence-corrected chi connectivity index (χ2v) is 4.19. The molecule has 0 spiro atoms. The van der Waals surface area contributed by atoms with E-state index in [1.54, 1.807) is 12.4 Å². The van der Waals surface area contributed by atoms with Crippen LogP contribution in [0.15, 0.2) is 42.7 Å². The molecule has 3 rings (SSSR count). The molecular weight excluding hydrogens is 238 g/mol. The van der Waals surface area contributed by atoms with Gasteiger partial charge in [-0.2, -0.15) is 0 Å². The van der Waals surface area contributed by atoms with Gasteiger partial charge in [-0.25, -0.2) is 9.97 Å². The average molecular weight is 251 g/mol. The normalized spacial score (nSPS) is 10.8. The van der Waals surface area contributed by atoms with Crippen LogP contribution in [-0.2, 0) is 6.54 Å². The molecule has 1 aromatic carbocycles. The van der Waals surface area contributed by atoms with Crippen LogP contribution in [0.5, 0.6) is 0 Å². The number of nitrogens with two attached hydrogens (primary N) is 2. The Morgan fingerprint density at radius 2 is 1.89 bits per heavy atom. The SMILES string of the molecule is NCc1cnc(-c2nccc3ccccc23)nc1N. The minimum absolute atomic E-state index is 0.328. The number of benzene rings is 1. The topological polar surface area (TPSA) is 90.7 Å². The third-order valence-corrected chi connectivity index (χ3v) is 3.00. The molecule has 19 heavy (non-hydrogen) atoms. The fourth-order valence-electron chi connectivity index (χ4n) is 1.99. The first-order valence-electron chi connectivity index (χ1n) is 5.95. The van der Waals surface area contributed by atoms with Gasteiger partial charge in [0.2, 0.25) is 0 Å². The maximum Gasteiger partial charge on any atom is 0.180 e. The zero-order chi connectivity index (χ0) is 13.2. The smallest absolute Gasteiger partial charge is 0.180 e. The van der Waals surface area contributed by atoms with Gasteiger partial charge in [0, 0.05) is 29.9 Å². The van der Waals surface area contributed by atoms with Crippen LogP contribution in [0.1, 0.15) is 5.56 Å². The molecule has 0 amide bonds. The lowest BCUT2D eigenvalue weighted by Gasteiger charge is -2.06. The van der Waals surface area contributed by atoms with Crippen LogP contribution in [0.2, 0.25) is 0 Å². The molecule has 0 bridgehead atoms. The van der Waals surface area contributed by atoms with Crippen molar-refractivity contribution in [1.82, 2.24) is 15.0 Å². The van der Waals surface area contributed by atoms with Gasteiger partial charge >= 0.3 is 0 Å². The third-order valence-electron chi connectivity index (χ3n) is 3.00. The van der Waals surface area contributed by atoms with Gasteiger partial charge in [-0.3, -0.25) is 4.98 Å². The Morgan fingerprint density at radius 1 is 1.05 bits per heavy atom. The standard InChI is InChI=1S/C14H13N5/c15-7-10-8-18-14(19-13(10)16)12-11-4-2-1-3-9(11)5-6-17-12/h1-6,8H,7,15H2,(H2,16,18,19). The number of rotatable bonds is 2. The lowest BCUT2D eigenvalue weighted by Crippen LogP contribution is -2.06. The molecule has 0 fully saturated rings. The Bertz CT molecular complexity index is 733. The average Bonchev–Trinajstić information content (AvgIpc) is 2.46. The Kier molecular flexibility index (Phi) is 2.81. The van der Waals surface area contributed by atoms with E-state index in [9.17, 15) is 0 Å². The van der Waals surface area contributed by atoms with Gasteiger partial charge in [0.25, 0.3) is 0 Å². The van der Waals surface area contributed by atoms with Crippen molar-refractivity contribution in [3.8, 4) is 11.5 Å². The molecule has 0 saturated carbocycles. The van der Waals surface area contributed by atoms with Crippen LogP contribution in [0.25, 0.3) is 22.3 Å². The summed E-state index contributed by atoms with van der Waals surface area (Å²) < 4.78 is 0. The molecule has 0 aliphatic carbocycles. The minimum Gasteiger partial charge on any atom is -0.383 e. The number of pyridine rings is 1. The molecule has 4 N–H and O–H groups in total. The molecule has 0 unspecified atom stereocenters. The third kappa shape index (κ3) is 2.00. The summed E-state index contributed by atoms with van der Waals surface area (Å²) in [6.07, 6.45) is 3.40. The lowest BCUT2D eigenvalue weighted by atomic mass is 10.1. The van der Waals surface area contributed by atoms with Gasteiger partial charge in [0.1, 0.15) is 11.5 Å². The van der Waals surface area contributed by atoms with Crippen LogP contribution < -0.4 is 11.5 Å². The van der Waals surface area contributed by atoms with Gasteiger partial charge in [-0.15, -0.1) is 0 Å². The number of aromatic nitrogens is 3. The maximum absolute atomic E-state index is 5.85. The van der Waals surface area contributed by atoms with Crippen molar-refractivity contribution in [2.24, 2.45) is 5.73 Å². The Morgan fingerprint density at radius 3 is 2.68 bits per heavy atom. The predicted molar refractivity (Wildman–Crippen MR) is 75.1 cm³/mol. The van der Waals surface area contributed by atoms with Crippen molar-refractivity contribution in [3.63, 3.8) is 0 Å². The van der Waals surface area contributed by atoms with E-state index in [0.29, 0.717) is 18.2 Å². The molecule has 2 heterocycles. The van der Waals surface area contributed by atoms with Crippen molar-refractivity contribution in [3.05, 3.63) is 48.3 Å². The number of fused-ring (bicyclic) bond motifs is 1. The second kappa shape index (κ2) is 4.62. The van der Waals surface area contributed by atoms with Gasteiger partial charge in [0.15, 0.2) is 5.82 Å². The Balaban J connectivity index is 2.22. The second-order valence-electron chi connectivity index (χ2n) is 4.19. The number of nitrogen functional groups attached to an aromatic ring is 1. The number of anilines is 1. The molecule has 0 radical (unpaired) electrons. The molecular formula is C14H13N5. The van der Waals surface area contributed by atoms with E-state index in [1.165, 1.54) is 0 Å². The fraction of sp³-hybridized carbons (Fsp3) is 0.0714. The highest BCUT2D eigenvalue weighted by molar-refractivity contribution is 5.92. The predicted octanol–water partition coefficient (Wildman–Crippen LogP) is 1.73. The summed E-state index contributed by atoms with van der Waals surface area (Å²) in [5, 5.41) is 2.10. The molecule has 5 nitrogen and oxygen atoms in total. The molecule has 5 heteroatoms. The van der Waals surface area contributed by atoms with Crippen molar-refractivity contribution < 1.29 is 0 Å².